The standard InChI is InChI=1S/C9H21N3/c1-7-4-11-9(3)6-12-8(2)5-10-7/h7-12H,4-6H2,1-3H3. The zero-order valence-electron chi connectivity index (χ0n) is 8.35. The highest BCUT2D eigenvalue weighted by atomic mass is 15.1. The lowest BCUT2D eigenvalue weighted by atomic mass is 10.3. The van der Waals surface area contributed by atoms with Crippen molar-refractivity contribution in [2.45, 2.75) is 38.9 Å². The number of rotatable bonds is 0. The molecule has 0 aromatic heterocycles. The van der Waals surface area contributed by atoms with E-state index in [2.05, 4.69) is 36.7 Å². The van der Waals surface area contributed by atoms with Gasteiger partial charge in [-0.3, -0.25) is 0 Å². The number of hydrogen-bond acceptors (Lipinski definition) is 3. The van der Waals surface area contributed by atoms with Gasteiger partial charge in [-0.05, 0) is 20.8 Å². The Bertz CT molecular complexity index is 91.2. The van der Waals surface area contributed by atoms with Gasteiger partial charge in [0.05, 0.1) is 0 Å². The fraction of sp³-hybridized carbons (Fsp3) is 1.00. The molecule has 1 fully saturated rings. The van der Waals surface area contributed by atoms with Crippen LogP contribution in [0.25, 0.3) is 0 Å². The van der Waals surface area contributed by atoms with E-state index in [4.69, 9.17) is 0 Å². The smallest absolute Gasteiger partial charge is 0.0164 e. The van der Waals surface area contributed by atoms with Crippen molar-refractivity contribution in [2.75, 3.05) is 19.6 Å². The fourth-order valence-corrected chi connectivity index (χ4v) is 1.35. The molecule has 0 spiro atoms. The predicted octanol–water partition coefficient (Wildman–Crippen LogP) is -0.0657. The molecule has 12 heavy (non-hydrogen) atoms. The molecule has 0 bridgehead atoms. The van der Waals surface area contributed by atoms with Crippen LogP contribution in [0.1, 0.15) is 20.8 Å². The van der Waals surface area contributed by atoms with Gasteiger partial charge in [0.1, 0.15) is 0 Å². The molecule has 3 atom stereocenters. The summed E-state index contributed by atoms with van der Waals surface area (Å²) in [5.41, 5.74) is 0. The maximum absolute atomic E-state index is 3.47. The zero-order valence-corrected chi connectivity index (χ0v) is 8.35. The van der Waals surface area contributed by atoms with Gasteiger partial charge in [0.2, 0.25) is 0 Å². The summed E-state index contributed by atoms with van der Waals surface area (Å²) < 4.78 is 0. The topological polar surface area (TPSA) is 36.1 Å². The molecule has 3 unspecified atom stereocenters. The lowest BCUT2D eigenvalue weighted by molar-refractivity contribution is 0.485. The maximum Gasteiger partial charge on any atom is 0.0164 e. The van der Waals surface area contributed by atoms with Gasteiger partial charge < -0.3 is 16.0 Å². The van der Waals surface area contributed by atoms with Crippen molar-refractivity contribution in [3.63, 3.8) is 0 Å². The van der Waals surface area contributed by atoms with Gasteiger partial charge in [-0.15, -0.1) is 0 Å². The molecule has 3 nitrogen and oxygen atoms in total. The monoisotopic (exact) mass is 171 g/mol. The molecule has 0 radical (unpaired) electrons. The van der Waals surface area contributed by atoms with E-state index in [1.807, 2.05) is 0 Å². The third-order valence-electron chi connectivity index (χ3n) is 2.32. The highest BCUT2D eigenvalue weighted by Gasteiger charge is 2.10. The van der Waals surface area contributed by atoms with E-state index in [1.54, 1.807) is 0 Å². The summed E-state index contributed by atoms with van der Waals surface area (Å²) >= 11 is 0. The number of nitrogens with one attached hydrogen (secondary N) is 3. The van der Waals surface area contributed by atoms with Crippen molar-refractivity contribution in [1.29, 1.82) is 0 Å². The second kappa shape index (κ2) is 4.80. The van der Waals surface area contributed by atoms with Gasteiger partial charge in [-0.25, -0.2) is 0 Å². The SMILES string of the molecule is CC1CNC(C)CNC(C)CN1. The molecule has 0 aliphatic carbocycles. The Morgan fingerprint density at radius 3 is 1.17 bits per heavy atom. The Kier molecular flexibility index (Phi) is 3.98. The zero-order chi connectivity index (χ0) is 8.97. The van der Waals surface area contributed by atoms with Crippen LogP contribution in [0.5, 0.6) is 0 Å². The van der Waals surface area contributed by atoms with E-state index in [9.17, 15) is 0 Å². The van der Waals surface area contributed by atoms with Crippen LogP contribution in [-0.4, -0.2) is 37.8 Å². The van der Waals surface area contributed by atoms with Gasteiger partial charge in [-0.1, -0.05) is 0 Å². The Balaban J connectivity index is 2.36. The average Bonchev–Trinajstić information content (AvgIpc) is 2.11. The lowest BCUT2D eigenvalue weighted by Gasteiger charge is -2.15. The molecule has 1 heterocycles. The van der Waals surface area contributed by atoms with Crippen LogP contribution in [0.3, 0.4) is 0 Å². The van der Waals surface area contributed by atoms with E-state index >= 15 is 0 Å². The molecular weight excluding hydrogens is 150 g/mol. The molecule has 1 saturated heterocycles. The van der Waals surface area contributed by atoms with E-state index in [1.165, 1.54) is 0 Å². The molecule has 0 amide bonds. The molecular formula is C9H21N3. The van der Waals surface area contributed by atoms with Crippen LogP contribution in [-0.2, 0) is 0 Å². The number of hydrogen-bond donors (Lipinski definition) is 3. The second-order valence-corrected chi connectivity index (χ2v) is 3.93. The van der Waals surface area contributed by atoms with Gasteiger partial charge in [0.25, 0.3) is 0 Å². The van der Waals surface area contributed by atoms with Crippen LogP contribution in [0.2, 0.25) is 0 Å². The minimum absolute atomic E-state index is 0.579. The van der Waals surface area contributed by atoms with E-state index < -0.39 is 0 Å². The quantitative estimate of drug-likeness (QED) is 0.478. The Morgan fingerprint density at radius 1 is 0.667 bits per heavy atom. The van der Waals surface area contributed by atoms with Crippen LogP contribution >= 0.6 is 0 Å². The molecule has 0 saturated carbocycles. The van der Waals surface area contributed by atoms with Crippen molar-refractivity contribution in [3.05, 3.63) is 0 Å². The molecule has 3 heteroatoms. The molecule has 0 aromatic rings. The first-order chi connectivity index (χ1) is 5.68. The normalized spacial score (nSPS) is 39.8. The Labute approximate surface area is 75.3 Å². The molecule has 1 rings (SSSR count). The summed E-state index contributed by atoms with van der Waals surface area (Å²) in [7, 11) is 0. The van der Waals surface area contributed by atoms with Crippen molar-refractivity contribution >= 4 is 0 Å². The highest BCUT2D eigenvalue weighted by molar-refractivity contribution is 4.76. The van der Waals surface area contributed by atoms with Crippen LogP contribution in [0.4, 0.5) is 0 Å². The summed E-state index contributed by atoms with van der Waals surface area (Å²) in [5.74, 6) is 0. The third-order valence-corrected chi connectivity index (χ3v) is 2.32. The van der Waals surface area contributed by atoms with E-state index in [-0.39, 0.29) is 0 Å². The largest absolute Gasteiger partial charge is 0.311 e. The van der Waals surface area contributed by atoms with Gasteiger partial charge in [0, 0.05) is 37.8 Å². The van der Waals surface area contributed by atoms with Gasteiger partial charge in [-0.2, -0.15) is 0 Å². The Morgan fingerprint density at radius 2 is 0.917 bits per heavy atom. The summed E-state index contributed by atoms with van der Waals surface area (Å²) in [5, 5.41) is 10.4. The summed E-state index contributed by atoms with van der Waals surface area (Å²) in [6, 6.07) is 1.74. The maximum atomic E-state index is 3.47. The first-order valence-electron chi connectivity index (χ1n) is 4.88. The molecule has 3 N–H and O–H groups in total. The van der Waals surface area contributed by atoms with E-state index in [0.29, 0.717) is 18.1 Å². The summed E-state index contributed by atoms with van der Waals surface area (Å²) in [6.45, 7) is 9.86. The van der Waals surface area contributed by atoms with Crippen LogP contribution in [0.15, 0.2) is 0 Å². The van der Waals surface area contributed by atoms with Crippen LogP contribution in [0, 0.1) is 0 Å². The van der Waals surface area contributed by atoms with Gasteiger partial charge in [0.15, 0.2) is 0 Å². The Hall–Kier alpha value is -0.120. The first kappa shape index (κ1) is 9.96. The average molecular weight is 171 g/mol. The highest BCUT2D eigenvalue weighted by Crippen LogP contribution is 1.89. The lowest BCUT2D eigenvalue weighted by Crippen LogP contribution is -2.40. The predicted molar refractivity (Wildman–Crippen MR) is 52.4 cm³/mol. The van der Waals surface area contributed by atoms with E-state index in [0.717, 1.165) is 19.6 Å². The molecule has 1 aliphatic heterocycles. The van der Waals surface area contributed by atoms with Crippen molar-refractivity contribution in [1.82, 2.24) is 16.0 Å². The van der Waals surface area contributed by atoms with Gasteiger partial charge >= 0.3 is 0 Å². The summed E-state index contributed by atoms with van der Waals surface area (Å²) in [6.07, 6.45) is 0. The molecule has 72 valence electrons. The third kappa shape index (κ3) is 3.52. The first-order valence-corrected chi connectivity index (χ1v) is 4.88. The van der Waals surface area contributed by atoms with Crippen LogP contribution < -0.4 is 16.0 Å². The van der Waals surface area contributed by atoms with Crippen molar-refractivity contribution in [3.8, 4) is 0 Å². The molecule has 0 aromatic carbocycles. The van der Waals surface area contributed by atoms with Crippen molar-refractivity contribution in [2.24, 2.45) is 0 Å². The molecule has 1 aliphatic rings. The minimum atomic E-state index is 0.579. The fourth-order valence-electron chi connectivity index (χ4n) is 1.35. The summed E-state index contributed by atoms with van der Waals surface area (Å²) in [4.78, 5) is 0. The second-order valence-electron chi connectivity index (χ2n) is 3.93. The van der Waals surface area contributed by atoms with Crippen molar-refractivity contribution < 1.29 is 0 Å². The minimum Gasteiger partial charge on any atom is -0.311 e.